The highest BCUT2D eigenvalue weighted by atomic mass is 32.2. The quantitative estimate of drug-likeness (QED) is 0.799. The number of nitrogens with one attached hydrogen (secondary N) is 1. The van der Waals surface area contributed by atoms with E-state index in [0.29, 0.717) is 31.3 Å². The Morgan fingerprint density at radius 2 is 2.00 bits per heavy atom. The number of aliphatic hydroxyl groups excluding tert-OH is 1. The van der Waals surface area contributed by atoms with Crippen LogP contribution in [0.2, 0.25) is 0 Å². The van der Waals surface area contributed by atoms with Crippen LogP contribution in [0.5, 0.6) is 11.5 Å². The first-order valence-electron chi connectivity index (χ1n) is 7.04. The van der Waals surface area contributed by atoms with Gasteiger partial charge in [0.1, 0.15) is 0 Å². The second kappa shape index (κ2) is 7.11. The maximum atomic E-state index is 12.3. The molecule has 0 saturated carbocycles. The minimum absolute atomic E-state index is 0.141. The van der Waals surface area contributed by atoms with Gasteiger partial charge in [-0.15, -0.1) is 0 Å². The number of hydrogen-bond acceptors (Lipinski definition) is 6. The molecule has 1 aromatic carbocycles. The van der Waals surface area contributed by atoms with Crippen molar-refractivity contribution in [3.8, 4) is 11.5 Å². The molecule has 7 heteroatoms. The van der Waals surface area contributed by atoms with Crippen LogP contribution < -0.4 is 14.8 Å². The van der Waals surface area contributed by atoms with E-state index in [2.05, 4.69) is 5.32 Å². The molecule has 0 bridgehead atoms. The van der Waals surface area contributed by atoms with Crippen molar-refractivity contribution < 1.29 is 23.0 Å². The van der Waals surface area contributed by atoms with Crippen LogP contribution in [0, 0.1) is 0 Å². The Labute approximate surface area is 125 Å². The fourth-order valence-electron chi connectivity index (χ4n) is 2.06. The lowest BCUT2D eigenvalue weighted by molar-refractivity contribution is 0.194. The molecule has 118 valence electrons. The molecule has 0 aromatic heterocycles. The number of ether oxygens (including phenoxy) is 2. The standard InChI is InChI=1S/C14H21NO5S/c1-2-15-9-11(16)10-21(17,18)12-4-5-13-14(8-12)20-7-3-6-19-13/h4-5,8,11,15-16H,2-3,6-7,9-10H2,1H3. The molecular formula is C14H21NO5S. The number of likely N-dealkylation sites (N-methyl/N-ethyl adjacent to an activating group) is 1. The van der Waals surface area contributed by atoms with Crippen molar-refractivity contribution in [1.29, 1.82) is 0 Å². The lowest BCUT2D eigenvalue weighted by Gasteiger charge is -2.13. The second-order valence-corrected chi connectivity index (χ2v) is 6.94. The van der Waals surface area contributed by atoms with Crippen LogP contribution in [0.15, 0.2) is 23.1 Å². The van der Waals surface area contributed by atoms with Gasteiger partial charge in [-0.3, -0.25) is 0 Å². The molecule has 1 atom stereocenters. The van der Waals surface area contributed by atoms with Crippen molar-refractivity contribution >= 4 is 9.84 Å². The highest BCUT2D eigenvalue weighted by Crippen LogP contribution is 2.32. The molecule has 1 unspecified atom stereocenters. The normalized spacial score (nSPS) is 16.3. The Hall–Kier alpha value is -1.31. The molecule has 2 rings (SSSR count). The van der Waals surface area contributed by atoms with Gasteiger partial charge in [-0.05, 0) is 18.7 Å². The largest absolute Gasteiger partial charge is 0.490 e. The van der Waals surface area contributed by atoms with E-state index in [1.807, 2.05) is 6.92 Å². The highest BCUT2D eigenvalue weighted by molar-refractivity contribution is 7.91. The molecule has 1 aliphatic rings. The Morgan fingerprint density at radius 3 is 2.71 bits per heavy atom. The Balaban J connectivity index is 2.14. The van der Waals surface area contributed by atoms with Crippen LogP contribution in [0.25, 0.3) is 0 Å². The Bertz CT molecular complexity index is 573. The van der Waals surface area contributed by atoms with Crippen LogP contribution in [0.1, 0.15) is 13.3 Å². The van der Waals surface area contributed by atoms with Crippen molar-refractivity contribution in [1.82, 2.24) is 5.32 Å². The minimum atomic E-state index is -3.56. The van der Waals surface area contributed by atoms with E-state index in [0.717, 1.165) is 6.42 Å². The average Bonchev–Trinajstić information content (AvgIpc) is 2.69. The van der Waals surface area contributed by atoms with Gasteiger partial charge in [0.15, 0.2) is 21.3 Å². The summed E-state index contributed by atoms with van der Waals surface area (Å²) in [4.78, 5) is 0.141. The van der Waals surface area contributed by atoms with Crippen molar-refractivity contribution in [2.45, 2.75) is 24.3 Å². The summed E-state index contributed by atoms with van der Waals surface area (Å²) in [6, 6.07) is 4.56. The number of sulfone groups is 1. The average molecular weight is 315 g/mol. The van der Waals surface area contributed by atoms with Crippen molar-refractivity contribution in [3.05, 3.63) is 18.2 Å². The molecule has 1 heterocycles. The number of rotatable bonds is 6. The topological polar surface area (TPSA) is 84.9 Å². The molecule has 21 heavy (non-hydrogen) atoms. The molecule has 0 aliphatic carbocycles. The SMILES string of the molecule is CCNCC(O)CS(=O)(=O)c1ccc2c(c1)OCCCO2. The van der Waals surface area contributed by atoms with Gasteiger partial charge in [0.25, 0.3) is 0 Å². The molecule has 0 spiro atoms. The predicted octanol–water partition coefficient (Wildman–Crippen LogP) is 0.592. The van der Waals surface area contributed by atoms with Gasteiger partial charge >= 0.3 is 0 Å². The smallest absolute Gasteiger partial charge is 0.181 e. The molecule has 0 fully saturated rings. The summed E-state index contributed by atoms with van der Waals surface area (Å²) in [6.45, 7) is 3.88. The first-order chi connectivity index (χ1) is 10.0. The van der Waals surface area contributed by atoms with E-state index < -0.39 is 15.9 Å². The maximum absolute atomic E-state index is 12.3. The summed E-state index contributed by atoms with van der Waals surface area (Å²) in [5, 5.41) is 12.7. The molecule has 1 aliphatic heterocycles. The maximum Gasteiger partial charge on any atom is 0.181 e. The minimum Gasteiger partial charge on any atom is -0.490 e. The monoisotopic (exact) mass is 315 g/mol. The fraction of sp³-hybridized carbons (Fsp3) is 0.571. The lowest BCUT2D eigenvalue weighted by atomic mass is 10.3. The highest BCUT2D eigenvalue weighted by Gasteiger charge is 2.22. The predicted molar refractivity (Wildman–Crippen MR) is 78.7 cm³/mol. The molecule has 6 nitrogen and oxygen atoms in total. The molecule has 1 aromatic rings. The summed E-state index contributed by atoms with van der Waals surface area (Å²) in [6.07, 6.45) is -0.177. The Morgan fingerprint density at radius 1 is 1.29 bits per heavy atom. The van der Waals surface area contributed by atoms with Crippen LogP contribution in [0.3, 0.4) is 0 Å². The summed E-state index contributed by atoms with van der Waals surface area (Å²) in [5.74, 6) is 0.675. The first-order valence-corrected chi connectivity index (χ1v) is 8.69. The third-order valence-corrected chi connectivity index (χ3v) is 4.92. The van der Waals surface area contributed by atoms with Crippen LogP contribution >= 0.6 is 0 Å². The van der Waals surface area contributed by atoms with Crippen molar-refractivity contribution in [3.63, 3.8) is 0 Å². The molecule has 2 N–H and O–H groups in total. The summed E-state index contributed by atoms with van der Waals surface area (Å²) in [7, 11) is -3.56. The third kappa shape index (κ3) is 4.33. The summed E-state index contributed by atoms with van der Waals surface area (Å²) >= 11 is 0. The molecular weight excluding hydrogens is 294 g/mol. The van der Waals surface area contributed by atoms with Gasteiger partial charge < -0.3 is 19.9 Å². The van der Waals surface area contributed by atoms with E-state index in [1.165, 1.54) is 12.1 Å². The third-order valence-electron chi connectivity index (χ3n) is 3.12. The summed E-state index contributed by atoms with van der Waals surface area (Å²) in [5.41, 5.74) is 0. The second-order valence-electron chi connectivity index (χ2n) is 4.90. The number of hydrogen-bond donors (Lipinski definition) is 2. The van der Waals surface area contributed by atoms with E-state index in [1.54, 1.807) is 6.07 Å². The summed E-state index contributed by atoms with van der Waals surface area (Å²) < 4.78 is 35.5. The van der Waals surface area contributed by atoms with Gasteiger partial charge in [0.05, 0.1) is 30.0 Å². The van der Waals surface area contributed by atoms with E-state index in [4.69, 9.17) is 9.47 Å². The number of fused-ring (bicyclic) bond motifs is 1. The van der Waals surface area contributed by atoms with Gasteiger partial charge in [-0.1, -0.05) is 6.92 Å². The molecule has 0 saturated heterocycles. The van der Waals surface area contributed by atoms with Crippen LogP contribution in [-0.4, -0.2) is 51.7 Å². The number of benzene rings is 1. The van der Waals surface area contributed by atoms with E-state index in [9.17, 15) is 13.5 Å². The van der Waals surface area contributed by atoms with Gasteiger partial charge in [-0.25, -0.2) is 8.42 Å². The zero-order valence-electron chi connectivity index (χ0n) is 12.0. The van der Waals surface area contributed by atoms with Gasteiger partial charge in [-0.2, -0.15) is 0 Å². The van der Waals surface area contributed by atoms with E-state index >= 15 is 0 Å². The van der Waals surface area contributed by atoms with Crippen LogP contribution in [0.4, 0.5) is 0 Å². The Kier molecular flexibility index (Phi) is 5.44. The van der Waals surface area contributed by atoms with Crippen LogP contribution in [-0.2, 0) is 9.84 Å². The van der Waals surface area contributed by atoms with Gasteiger partial charge in [0, 0.05) is 19.0 Å². The fourth-order valence-corrected chi connectivity index (χ4v) is 3.44. The molecule has 0 radical (unpaired) electrons. The zero-order valence-corrected chi connectivity index (χ0v) is 12.9. The molecule has 0 amide bonds. The van der Waals surface area contributed by atoms with E-state index in [-0.39, 0.29) is 17.2 Å². The number of aliphatic hydroxyl groups is 1. The van der Waals surface area contributed by atoms with Gasteiger partial charge in [0.2, 0.25) is 0 Å². The lowest BCUT2D eigenvalue weighted by Crippen LogP contribution is -2.32. The first kappa shape index (κ1) is 16.1. The van der Waals surface area contributed by atoms with Crippen molar-refractivity contribution in [2.24, 2.45) is 0 Å². The zero-order chi connectivity index (χ0) is 15.3. The van der Waals surface area contributed by atoms with Crippen molar-refractivity contribution in [2.75, 3.05) is 32.1 Å².